The highest BCUT2D eigenvalue weighted by Gasteiger charge is 2.15. The van der Waals surface area contributed by atoms with Crippen LogP contribution >= 0.6 is 0 Å². The van der Waals surface area contributed by atoms with Gasteiger partial charge in [0.2, 0.25) is 0 Å². The molecule has 54 heavy (non-hydrogen) atoms. The van der Waals surface area contributed by atoms with E-state index in [0.717, 1.165) is 84.2 Å². The van der Waals surface area contributed by atoms with E-state index in [4.69, 9.17) is 19.9 Å². The van der Waals surface area contributed by atoms with Crippen LogP contribution in [0.15, 0.2) is 200 Å². The lowest BCUT2D eigenvalue weighted by Gasteiger charge is -2.13. The van der Waals surface area contributed by atoms with Crippen LogP contribution in [0.3, 0.4) is 0 Å². The van der Waals surface area contributed by atoms with Crippen molar-refractivity contribution in [1.82, 2.24) is 24.9 Å². The Balaban J connectivity index is 1.04. The summed E-state index contributed by atoms with van der Waals surface area (Å²) < 4.78 is 0. The minimum atomic E-state index is 0.692. The first-order chi connectivity index (χ1) is 26.7. The average Bonchev–Trinajstić information content (AvgIpc) is 3.27. The van der Waals surface area contributed by atoms with Gasteiger partial charge in [-0.05, 0) is 64.2 Å². The second-order valence-corrected chi connectivity index (χ2v) is 13.0. The Labute approximate surface area is 314 Å². The molecule has 0 amide bonds. The molecule has 4 heterocycles. The molecule has 0 spiro atoms. The summed E-state index contributed by atoms with van der Waals surface area (Å²) in [5.74, 6) is 0.692. The first-order valence-corrected chi connectivity index (χ1v) is 17.9. The topological polar surface area (TPSA) is 64.5 Å². The second kappa shape index (κ2) is 14.7. The highest BCUT2D eigenvalue weighted by molar-refractivity contribution is 5.84. The van der Waals surface area contributed by atoms with Crippen molar-refractivity contribution in [3.8, 4) is 90.1 Å². The minimum absolute atomic E-state index is 0.692. The summed E-state index contributed by atoms with van der Waals surface area (Å²) in [5.41, 5.74) is 14.5. The van der Waals surface area contributed by atoms with E-state index in [1.54, 1.807) is 6.20 Å². The van der Waals surface area contributed by atoms with Crippen LogP contribution in [0.1, 0.15) is 0 Å². The molecular formula is C49H33N5. The fourth-order valence-corrected chi connectivity index (χ4v) is 6.68. The quantitative estimate of drug-likeness (QED) is 0.159. The van der Waals surface area contributed by atoms with Gasteiger partial charge < -0.3 is 0 Å². The molecule has 0 N–H and O–H groups in total. The van der Waals surface area contributed by atoms with Gasteiger partial charge in [0.25, 0.3) is 0 Å². The van der Waals surface area contributed by atoms with E-state index in [1.807, 2.05) is 72.9 Å². The average molecular weight is 692 g/mol. The molecule has 0 bridgehead atoms. The summed E-state index contributed by atoms with van der Waals surface area (Å²) in [5, 5.41) is 0. The molecule has 0 atom stereocenters. The van der Waals surface area contributed by atoms with E-state index in [0.29, 0.717) is 5.82 Å². The Kier molecular flexibility index (Phi) is 8.86. The number of aromatic nitrogens is 5. The molecule has 4 aromatic heterocycles. The van der Waals surface area contributed by atoms with Gasteiger partial charge in [-0.3, -0.25) is 9.97 Å². The van der Waals surface area contributed by atoms with E-state index in [2.05, 4.69) is 126 Å². The fraction of sp³-hybridized carbons (Fsp3) is 0. The highest BCUT2D eigenvalue weighted by atomic mass is 14.9. The van der Waals surface area contributed by atoms with Crippen LogP contribution in [0.2, 0.25) is 0 Å². The standard InChI is InChI=1S/C49H33N5/c1-4-13-34(14-5-1)41-31-46(43-20-10-11-29-50-43)52-47(32-41)48-42(19-12-30-51-48)37-25-21-35(22-26-37)36-23-27-40(28-24-36)49-53-44(38-15-6-2-7-16-38)33-45(54-49)39-17-8-3-9-18-39/h1-33H. The number of nitrogens with zero attached hydrogens (tertiary/aromatic N) is 5. The fourth-order valence-electron chi connectivity index (χ4n) is 6.68. The third-order valence-corrected chi connectivity index (χ3v) is 9.45. The summed E-state index contributed by atoms with van der Waals surface area (Å²) >= 11 is 0. The Bertz CT molecular complexity index is 2550. The largest absolute Gasteiger partial charge is 0.255 e. The van der Waals surface area contributed by atoms with Gasteiger partial charge in [0.15, 0.2) is 5.82 Å². The van der Waals surface area contributed by atoms with Crippen LogP contribution < -0.4 is 0 Å². The van der Waals surface area contributed by atoms with Gasteiger partial charge in [-0.15, -0.1) is 0 Å². The molecule has 0 fully saturated rings. The third-order valence-electron chi connectivity index (χ3n) is 9.45. The smallest absolute Gasteiger partial charge is 0.160 e. The van der Waals surface area contributed by atoms with Crippen molar-refractivity contribution in [2.24, 2.45) is 0 Å². The lowest BCUT2D eigenvalue weighted by Crippen LogP contribution is -1.96. The molecule has 0 radical (unpaired) electrons. The van der Waals surface area contributed by atoms with Crippen molar-refractivity contribution in [2.45, 2.75) is 0 Å². The monoisotopic (exact) mass is 691 g/mol. The SMILES string of the molecule is c1ccc(-c2cc(-c3ccccn3)nc(-c3ncccc3-c3ccc(-c4ccc(-c5nc(-c6ccccc6)cc(-c6ccccc6)n5)cc4)cc3)c2)cc1. The number of pyridine rings is 3. The Morgan fingerprint density at radius 2 is 0.759 bits per heavy atom. The van der Waals surface area contributed by atoms with E-state index in [-0.39, 0.29) is 0 Å². The molecule has 0 aliphatic rings. The maximum atomic E-state index is 5.09. The van der Waals surface area contributed by atoms with Crippen molar-refractivity contribution in [3.05, 3.63) is 200 Å². The predicted octanol–water partition coefficient (Wildman–Crippen LogP) is 12.0. The van der Waals surface area contributed by atoms with Crippen LogP contribution in [-0.2, 0) is 0 Å². The Morgan fingerprint density at radius 3 is 1.35 bits per heavy atom. The van der Waals surface area contributed by atoms with Crippen LogP contribution in [0.4, 0.5) is 0 Å². The number of benzene rings is 5. The van der Waals surface area contributed by atoms with Crippen LogP contribution in [0.25, 0.3) is 90.1 Å². The highest BCUT2D eigenvalue weighted by Crippen LogP contribution is 2.35. The zero-order valence-corrected chi connectivity index (χ0v) is 29.3. The van der Waals surface area contributed by atoms with E-state index in [1.165, 1.54) is 0 Å². The molecule has 5 aromatic carbocycles. The molecule has 0 saturated heterocycles. The van der Waals surface area contributed by atoms with Crippen LogP contribution in [0.5, 0.6) is 0 Å². The van der Waals surface area contributed by atoms with E-state index < -0.39 is 0 Å². The Morgan fingerprint density at radius 1 is 0.259 bits per heavy atom. The lowest BCUT2D eigenvalue weighted by atomic mass is 9.96. The van der Waals surface area contributed by atoms with Gasteiger partial charge in [-0.2, -0.15) is 0 Å². The summed E-state index contributed by atoms with van der Waals surface area (Å²) in [7, 11) is 0. The van der Waals surface area contributed by atoms with Gasteiger partial charge in [-0.25, -0.2) is 15.0 Å². The van der Waals surface area contributed by atoms with Crippen molar-refractivity contribution in [1.29, 1.82) is 0 Å². The third kappa shape index (κ3) is 6.82. The molecule has 0 saturated carbocycles. The first-order valence-electron chi connectivity index (χ1n) is 17.9. The summed E-state index contributed by atoms with van der Waals surface area (Å²) in [4.78, 5) is 24.6. The second-order valence-electron chi connectivity index (χ2n) is 13.0. The molecule has 0 unspecified atom stereocenters. The van der Waals surface area contributed by atoms with Crippen molar-refractivity contribution in [2.75, 3.05) is 0 Å². The summed E-state index contributed by atoms with van der Waals surface area (Å²) in [6.45, 7) is 0. The van der Waals surface area contributed by atoms with Gasteiger partial charge in [0.05, 0.1) is 34.2 Å². The molecule has 0 aliphatic heterocycles. The van der Waals surface area contributed by atoms with Crippen molar-refractivity contribution in [3.63, 3.8) is 0 Å². The number of hydrogen-bond donors (Lipinski definition) is 0. The van der Waals surface area contributed by atoms with Gasteiger partial charge in [0, 0.05) is 34.6 Å². The summed E-state index contributed by atoms with van der Waals surface area (Å²) in [6, 6.07) is 64.2. The zero-order valence-electron chi connectivity index (χ0n) is 29.3. The number of hydrogen-bond acceptors (Lipinski definition) is 5. The molecular weight excluding hydrogens is 659 g/mol. The summed E-state index contributed by atoms with van der Waals surface area (Å²) in [6.07, 6.45) is 3.63. The Hall–Kier alpha value is -7.37. The molecule has 9 aromatic rings. The molecule has 5 nitrogen and oxygen atoms in total. The molecule has 5 heteroatoms. The normalized spacial score (nSPS) is 11.0. The van der Waals surface area contributed by atoms with Crippen molar-refractivity contribution >= 4 is 0 Å². The van der Waals surface area contributed by atoms with Crippen LogP contribution in [0, 0.1) is 0 Å². The van der Waals surface area contributed by atoms with Gasteiger partial charge in [-0.1, -0.05) is 152 Å². The van der Waals surface area contributed by atoms with Gasteiger partial charge in [0.1, 0.15) is 0 Å². The molecule has 0 aliphatic carbocycles. The molecule has 254 valence electrons. The zero-order chi connectivity index (χ0) is 36.1. The van der Waals surface area contributed by atoms with Crippen LogP contribution in [-0.4, -0.2) is 24.9 Å². The predicted molar refractivity (Wildman–Crippen MR) is 219 cm³/mol. The minimum Gasteiger partial charge on any atom is -0.255 e. The lowest BCUT2D eigenvalue weighted by molar-refractivity contribution is 1.18. The maximum Gasteiger partial charge on any atom is 0.160 e. The number of rotatable bonds is 8. The first kappa shape index (κ1) is 32.5. The molecule has 9 rings (SSSR count). The van der Waals surface area contributed by atoms with Crippen molar-refractivity contribution < 1.29 is 0 Å². The maximum absolute atomic E-state index is 5.09. The van der Waals surface area contributed by atoms with E-state index in [9.17, 15) is 0 Å². The van der Waals surface area contributed by atoms with E-state index >= 15 is 0 Å². The van der Waals surface area contributed by atoms with Gasteiger partial charge >= 0.3 is 0 Å².